The second-order valence-corrected chi connectivity index (χ2v) is 5.71. The number of unbranched alkanes of at least 4 members (excludes halogenated alkanes) is 9. The molecule has 0 aromatic rings. The lowest BCUT2D eigenvalue weighted by molar-refractivity contribution is -0.123. The first-order chi connectivity index (χ1) is 9.79. The van der Waals surface area contributed by atoms with Crippen molar-refractivity contribution in [1.82, 2.24) is 5.32 Å². The van der Waals surface area contributed by atoms with Gasteiger partial charge < -0.3 is 14.8 Å². The van der Waals surface area contributed by atoms with Gasteiger partial charge in [-0.1, -0.05) is 71.1 Å². The lowest BCUT2D eigenvalue weighted by Gasteiger charge is -2.24. The molecule has 0 aliphatic heterocycles. The van der Waals surface area contributed by atoms with Crippen LogP contribution in [-0.2, 0) is 9.47 Å². The van der Waals surface area contributed by atoms with Gasteiger partial charge in [0.1, 0.15) is 0 Å². The molecule has 0 aliphatic carbocycles. The normalized spacial score (nSPS) is 13.1. The Morgan fingerprint density at radius 2 is 1.20 bits per heavy atom. The van der Waals surface area contributed by atoms with Crippen molar-refractivity contribution >= 4 is 0 Å². The van der Waals surface area contributed by atoms with Gasteiger partial charge in [-0.3, -0.25) is 0 Å². The van der Waals surface area contributed by atoms with Crippen LogP contribution in [0.25, 0.3) is 0 Å². The van der Waals surface area contributed by atoms with E-state index in [4.69, 9.17) is 9.47 Å². The molecule has 1 N–H and O–H groups in total. The van der Waals surface area contributed by atoms with E-state index in [0.717, 1.165) is 6.42 Å². The molecule has 0 saturated carbocycles. The van der Waals surface area contributed by atoms with Crippen LogP contribution < -0.4 is 5.32 Å². The SMILES string of the molecule is CCCCCCCCCCCCC(NC)C(OC)OC. The fourth-order valence-corrected chi connectivity index (χ4v) is 2.69. The highest BCUT2D eigenvalue weighted by Gasteiger charge is 2.17. The number of hydrogen-bond donors (Lipinski definition) is 1. The van der Waals surface area contributed by atoms with Gasteiger partial charge in [-0.05, 0) is 13.5 Å². The molecule has 0 aliphatic rings. The minimum atomic E-state index is -0.126. The Labute approximate surface area is 126 Å². The molecule has 0 rings (SSSR count). The molecule has 0 bridgehead atoms. The summed E-state index contributed by atoms with van der Waals surface area (Å²) in [7, 11) is 5.39. The van der Waals surface area contributed by atoms with Gasteiger partial charge in [0.25, 0.3) is 0 Å². The zero-order valence-corrected chi connectivity index (χ0v) is 14.2. The topological polar surface area (TPSA) is 30.5 Å². The summed E-state index contributed by atoms with van der Waals surface area (Å²) in [6.07, 6.45) is 14.8. The van der Waals surface area contributed by atoms with E-state index in [-0.39, 0.29) is 6.29 Å². The molecule has 0 fully saturated rings. The second-order valence-electron chi connectivity index (χ2n) is 5.71. The van der Waals surface area contributed by atoms with Gasteiger partial charge in [-0.25, -0.2) is 0 Å². The number of likely N-dealkylation sites (N-methyl/N-ethyl adjacent to an activating group) is 1. The van der Waals surface area contributed by atoms with Crippen LogP contribution >= 0.6 is 0 Å². The van der Waals surface area contributed by atoms with E-state index in [2.05, 4.69) is 12.2 Å². The summed E-state index contributed by atoms with van der Waals surface area (Å²) in [4.78, 5) is 0. The third-order valence-corrected chi connectivity index (χ3v) is 4.03. The molecule has 0 heterocycles. The van der Waals surface area contributed by atoms with E-state index < -0.39 is 0 Å². The van der Waals surface area contributed by atoms with Crippen molar-refractivity contribution in [3.05, 3.63) is 0 Å². The van der Waals surface area contributed by atoms with Gasteiger partial charge in [-0.15, -0.1) is 0 Å². The third kappa shape index (κ3) is 10.6. The zero-order valence-electron chi connectivity index (χ0n) is 14.2. The highest BCUT2D eigenvalue weighted by atomic mass is 16.7. The Bertz CT molecular complexity index is 184. The number of ether oxygens (including phenoxy) is 2. The largest absolute Gasteiger partial charge is 0.354 e. The van der Waals surface area contributed by atoms with Crippen LogP contribution in [0.5, 0.6) is 0 Å². The lowest BCUT2D eigenvalue weighted by atomic mass is 10.0. The van der Waals surface area contributed by atoms with Gasteiger partial charge in [0.2, 0.25) is 0 Å². The van der Waals surface area contributed by atoms with E-state index in [1.165, 1.54) is 64.2 Å². The van der Waals surface area contributed by atoms with Crippen molar-refractivity contribution in [2.45, 2.75) is 89.9 Å². The molecule has 0 amide bonds. The molecule has 3 nitrogen and oxygen atoms in total. The molecular formula is C17H37NO2. The van der Waals surface area contributed by atoms with Crippen LogP contribution in [0.2, 0.25) is 0 Å². The first kappa shape index (κ1) is 19.9. The summed E-state index contributed by atoms with van der Waals surface area (Å²) in [5.41, 5.74) is 0. The highest BCUT2D eigenvalue weighted by Crippen LogP contribution is 2.13. The van der Waals surface area contributed by atoms with Crippen LogP contribution in [0.3, 0.4) is 0 Å². The van der Waals surface area contributed by atoms with Crippen LogP contribution in [0.4, 0.5) is 0 Å². The van der Waals surface area contributed by atoms with Crippen LogP contribution in [0, 0.1) is 0 Å². The van der Waals surface area contributed by atoms with E-state index in [1.54, 1.807) is 14.2 Å². The Morgan fingerprint density at radius 3 is 1.60 bits per heavy atom. The van der Waals surface area contributed by atoms with Crippen molar-refractivity contribution in [2.24, 2.45) is 0 Å². The molecule has 122 valence electrons. The Kier molecular flexibility index (Phi) is 15.2. The predicted octanol–water partition coefficient (Wildman–Crippen LogP) is 4.50. The molecule has 3 heteroatoms. The Balaban J connectivity index is 3.37. The number of hydrogen-bond acceptors (Lipinski definition) is 3. The molecule has 0 spiro atoms. The monoisotopic (exact) mass is 287 g/mol. The fraction of sp³-hybridized carbons (Fsp3) is 1.00. The maximum Gasteiger partial charge on any atom is 0.171 e. The standard InChI is InChI=1S/C17H37NO2/c1-5-6-7-8-9-10-11-12-13-14-15-16(18-2)17(19-3)20-4/h16-18H,5-15H2,1-4H3. The minimum Gasteiger partial charge on any atom is -0.354 e. The van der Waals surface area contributed by atoms with Crippen molar-refractivity contribution < 1.29 is 9.47 Å². The Hall–Kier alpha value is -0.120. The summed E-state index contributed by atoms with van der Waals surface area (Å²) in [6, 6.07) is 0.305. The van der Waals surface area contributed by atoms with E-state index in [0.29, 0.717) is 6.04 Å². The Morgan fingerprint density at radius 1 is 0.750 bits per heavy atom. The summed E-state index contributed by atoms with van der Waals surface area (Å²) in [5, 5.41) is 3.28. The van der Waals surface area contributed by atoms with Gasteiger partial charge in [0.15, 0.2) is 6.29 Å². The summed E-state index contributed by atoms with van der Waals surface area (Å²) < 4.78 is 10.6. The predicted molar refractivity (Wildman–Crippen MR) is 87.1 cm³/mol. The van der Waals surface area contributed by atoms with Crippen molar-refractivity contribution in [3.8, 4) is 0 Å². The number of rotatable bonds is 15. The molecule has 0 radical (unpaired) electrons. The summed E-state index contributed by atoms with van der Waals surface area (Å²) in [6.45, 7) is 2.27. The maximum absolute atomic E-state index is 5.31. The molecule has 0 aromatic carbocycles. The van der Waals surface area contributed by atoms with Crippen LogP contribution in [-0.4, -0.2) is 33.6 Å². The van der Waals surface area contributed by atoms with E-state index >= 15 is 0 Å². The lowest BCUT2D eigenvalue weighted by Crippen LogP contribution is -2.39. The van der Waals surface area contributed by atoms with Gasteiger partial charge in [0.05, 0.1) is 6.04 Å². The average molecular weight is 287 g/mol. The average Bonchev–Trinajstić information content (AvgIpc) is 2.48. The molecule has 1 atom stereocenters. The maximum atomic E-state index is 5.31. The van der Waals surface area contributed by atoms with Crippen molar-refractivity contribution in [2.75, 3.05) is 21.3 Å². The third-order valence-electron chi connectivity index (χ3n) is 4.03. The molecular weight excluding hydrogens is 250 g/mol. The molecule has 1 unspecified atom stereocenters. The highest BCUT2D eigenvalue weighted by molar-refractivity contribution is 4.68. The first-order valence-corrected chi connectivity index (χ1v) is 8.53. The summed E-state index contributed by atoms with van der Waals surface area (Å²) >= 11 is 0. The second kappa shape index (κ2) is 15.3. The number of nitrogens with one attached hydrogen (secondary N) is 1. The van der Waals surface area contributed by atoms with Gasteiger partial charge in [0, 0.05) is 14.2 Å². The quantitative estimate of drug-likeness (QED) is 0.355. The molecule has 0 aromatic heterocycles. The number of methoxy groups -OCH3 is 2. The molecule has 20 heavy (non-hydrogen) atoms. The van der Waals surface area contributed by atoms with Crippen LogP contribution in [0.1, 0.15) is 77.6 Å². The smallest absolute Gasteiger partial charge is 0.171 e. The molecule has 0 saturated heterocycles. The van der Waals surface area contributed by atoms with Crippen molar-refractivity contribution in [1.29, 1.82) is 0 Å². The van der Waals surface area contributed by atoms with Crippen LogP contribution in [0.15, 0.2) is 0 Å². The van der Waals surface area contributed by atoms with Crippen molar-refractivity contribution in [3.63, 3.8) is 0 Å². The first-order valence-electron chi connectivity index (χ1n) is 8.53. The zero-order chi connectivity index (χ0) is 15.1. The fourth-order valence-electron chi connectivity index (χ4n) is 2.69. The van der Waals surface area contributed by atoms with Gasteiger partial charge >= 0.3 is 0 Å². The van der Waals surface area contributed by atoms with E-state index in [1.807, 2.05) is 7.05 Å². The summed E-state index contributed by atoms with van der Waals surface area (Å²) in [5.74, 6) is 0. The van der Waals surface area contributed by atoms with E-state index in [9.17, 15) is 0 Å². The van der Waals surface area contributed by atoms with Gasteiger partial charge in [-0.2, -0.15) is 0 Å². The minimum absolute atomic E-state index is 0.126.